The first kappa shape index (κ1) is 14.5. The number of rotatable bonds is 5. The van der Waals surface area contributed by atoms with Crippen molar-refractivity contribution in [3.63, 3.8) is 0 Å². The largest absolute Gasteiger partial charge is 0.478 e. The zero-order chi connectivity index (χ0) is 16.1. The van der Waals surface area contributed by atoms with Gasteiger partial charge in [-0.3, -0.25) is 5.43 Å². The molecule has 0 aliphatic heterocycles. The van der Waals surface area contributed by atoms with E-state index in [-0.39, 0.29) is 5.56 Å². The molecule has 3 aromatic rings. The molecule has 0 spiro atoms. The van der Waals surface area contributed by atoms with E-state index in [1.165, 1.54) is 12.1 Å². The lowest BCUT2D eigenvalue weighted by atomic mass is 10.2. The Labute approximate surface area is 132 Å². The Morgan fingerprint density at radius 3 is 2.48 bits per heavy atom. The molecule has 0 saturated carbocycles. The maximum absolute atomic E-state index is 10.8. The number of anilines is 1. The number of carbonyl (C=O) groups is 1. The third-order valence-corrected chi connectivity index (χ3v) is 3.23. The molecule has 3 rings (SSSR count). The number of hydrogen-bond acceptors (Lipinski definition) is 4. The number of nitrogens with zero attached hydrogens (tertiary/aromatic N) is 3. The number of hydrazone groups is 1. The summed E-state index contributed by atoms with van der Waals surface area (Å²) in [6.45, 7) is 0. The van der Waals surface area contributed by atoms with Crippen molar-refractivity contribution >= 4 is 17.9 Å². The van der Waals surface area contributed by atoms with E-state index >= 15 is 0 Å². The molecule has 23 heavy (non-hydrogen) atoms. The van der Waals surface area contributed by atoms with E-state index in [9.17, 15) is 4.79 Å². The van der Waals surface area contributed by atoms with E-state index in [0.29, 0.717) is 0 Å². The lowest BCUT2D eigenvalue weighted by Crippen LogP contribution is -1.96. The Morgan fingerprint density at radius 2 is 1.87 bits per heavy atom. The summed E-state index contributed by atoms with van der Waals surface area (Å²) in [5.41, 5.74) is 5.80. The molecule has 0 unspecified atom stereocenters. The van der Waals surface area contributed by atoms with Crippen LogP contribution in [0.4, 0.5) is 5.69 Å². The van der Waals surface area contributed by atoms with Gasteiger partial charge in [0.15, 0.2) is 0 Å². The molecule has 114 valence electrons. The van der Waals surface area contributed by atoms with Gasteiger partial charge in [-0.15, -0.1) is 0 Å². The highest BCUT2D eigenvalue weighted by atomic mass is 16.4. The monoisotopic (exact) mass is 306 g/mol. The summed E-state index contributed by atoms with van der Waals surface area (Å²) in [7, 11) is 0. The van der Waals surface area contributed by atoms with E-state index < -0.39 is 5.97 Å². The summed E-state index contributed by atoms with van der Waals surface area (Å²) >= 11 is 0. The van der Waals surface area contributed by atoms with Crippen LogP contribution in [0.1, 0.15) is 15.9 Å². The van der Waals surface area contributed by atoms with E-state index in [1.54, 1.807) is 30.9 Å². The normalized spacial score (nSPS) is 10.8. The fraction of sp³-hybridized carbons (Fsp3) is 0. The summed E-state index contributed by atoms with van der Waals surface area (Å²) in [5, 5.41) is 13.0. The molecule has 1 aromatic heterocycles. The van der Waals surface area contributed by atoms with E-state index in [0.717, 1.165) is 16.9 Å². The molecule has 1 heterocycles. The lowest BCUT2D eigenvalue weighted by Gasteiger charge is -2.02. The first-order valence-corrected chi connectivity index (χ1v) is 6.93. The van der Waals surface area contributed by atoms with Crippen molar-refractivity contribution in [2.24, 2.45) is 5.10 Å². The quantitative estimate of drug-likeness (QED) is 0.561. The molecule has 2 aromatic carbocycles. The van der Waals surface area contributed by atoms with Crippen LogP contribution in [0.3, 0.4) is 0 Å². The van der Waals surface area contributed by atoms with Gasteiger partial charge in [0.1, 0.15) is 0 Å². The highest BCUT2D eigenvalue weighted by Gasteiger charge is 2.00. The minimum absolute atomic E-state index is 0.245. The molecule has 2 N–H and O–H groups in total. The number of carboxylic acid groups (broad SMARTS) is 1. The van der Waals surface area contributed by atoms with Gasteiger partial charge in [0, 0.05) is 18.1 Å². The average Bonchev–Trinajstić information content (AvgIpc) is 3.10. The van der Waals surface area contributed by atoms with Gasteiger partial charge in [0.2, 0.25) is 0 Å². The maximum atomic E-state index is 10.8. The van der Waals surface area contributed by atoms with Crippen LogP contribution in [0.2, 0.25) is 0 Å². The smallest absolute Gasteiger partial charge is 0.335 e. The predicted molar refractivity (Wildman–Crippen MR) is 88.2 cm³/mol. The van der Waals surface area contributed by atoms with Crippen molar-refractivity contribution in [2.45, 2.75) is 0 Å². The highest BCUT2D eigenvalue weighted by Crippen LogP contribution is 2.10. The fourth-order valence-electron chi connectivity index (χ4n) is 2.01. The van der Waals surface area contributed by atoms with Crippen LogP contribution in [-0.2, 0) is 0 Å². The molecule has 6 nitrogen and oxygen atoms in total. The minimum Gasteiger partial charge on any atom is -0.478 e. The minimum atomic E-state index is -0.946. The van der Waals surface area contributed by atoms with Gasteiger partial charge in [-0.25, -0.2) is 9.78 Å². The molecule has 0 aliphatic carbocycles. The third kappa shape index (κ3) is 3.62. The Kier molecular flexibility index (Phi) is 4.15. The predicted octanol–water partition coefficient (Wildman–Crippen LogP) is 3.02. The second-order valence-electron chi connectivity index (χ2n) is 4.81. The first-order valence-electron chi connectivity index (χ1n) is 6.93. The van der Waals surface area contributed by atoms with Crippen molar-refractivity contribution in [2.75, 3.05) is 5.43 Å². The van der Waals surface area contributed by atoms with Crippen LogP contribution < -0.4 is 5.43 Å². The lowest BCUT2D eigenvalue weighted by molar-refractivity contribution is 0.0697. The fourth-order valence-corrected chi connectivity index (χ4v) is 2.01. The summed E-state index contributed by atoms with van der Waals surface area (Å²) in [4.78, 5) is 14.8. The summed E-state index contributed by atoms with van der Waals surface area (Å²) in [6, 6.07) is 14.3. The number of benzene rings is 2. The van der Waals surface area contributed by atoms with Crippen LogP contribution in [-0.4, -0.2) is 26.8 Å². The van der Waals surface area contributed by atoms with Gasteiger partial charge >= 0.3 is 5.97 Å². The average molecular weight is 306 g/mol. The van der Waals surface area contributed by atoms with Gasteiger partial charge in [0.05, 0.1) is 23.8 Å². The molecule has 0 amide bonds. The molecule has 0 radical (unpaired) electrons. The van der Waals surface area contributed by atoms with Gasteiger partial charge in [-0.2, -0.15) is 5.10 Å². The van der Waals surface area contributed by atoms with Crippen molar-refractivity contribution in [1.82, 2.24) is 9.55 Å². The summed E-state index contributed by atoms with van der Waals surface area (Å²) in [5.74, 6) is -0.946. The second-order valence-corrected chi connectivity index (χ2v) is 4.81. The SMILES string of the molecule is O=C(O)c1ccc(NN=Cc2ccc(-n3ccnc3)cc2)cc1. The Morgan fingerprint density at radius 1 is 1.13 bits per heavy atom. The van der Waals surface area contributed by atoms with E-state index in [1.807, 2.05) is 35.0 Å². The second kappa shape index (κ2) is 6.57. The highest BCUT2D eigenvalue weighted by molar-refractivity contribution is 5.88. The molecule has 6 heteroatoms. The number of nitrogens with one attached hydrogen (secondary N) is 1. The van der Waals surface area contributed by atoms with Crippen LogP contribution in [0.5, 0.6) is 0 Å². The summed E-state index contributed by atoms with van der Waals surface area (Å²) in [6.07, 6.45) is 7.05. The summed E-state index contributed by atoms with van der Waals surface area (Å²) < 4.78 is 1.92. The van der Waals surface area contributed by atoms with Crippen molar-refractivity contribution in [1.29, 1.82) is 0 Å². The Bertz CT molecular complexity index is 807. The molecule has 0 bridgehead atoms. The standard InChI is InChI=1S/C17H14N4O2/c22-17(23)14-3-5-15(6-4-14)20-19-11-13-1-7-16(8-2-13)21-10-9-18-12-21/h1-12,20H,(H,22,23). The molecular weight excluding hydrogens is 292 g/mol. The van der Waals surface area contributed by atoms with Gasteiger partial charge < -0.3 is 9.67 Å². The molecule has 0 saturated heterocycles. The zero-order valence-corrected chi connectivity index (χ0v) is 12.1. The molecule has 0 atom stereocenters. The number of aromatic carboxylic acids is 1. The molecular formula is C17H14N4O2. The van der Waals surface area contributed by atoms with Crippen molar-refractivity contribution < 1.29 is 9.90 Å². The van der Waals surface area contributed by atoms with Crippen LogP contribution >= 0.6 is 0 Å². The van der Waals surface area contributed by atoms with Crippen LogP contribution in [0, 0.1) is 0 Å². The molecule has 0 fully saturated rings. The van der Waals surface area contributed by atoms with E-state index in [2.05, 4.69) is 15.5 Å². The van der Waals surface area contributed by atoms with E-state index in [4.69, 9.17) is 5.11 Å². The third-order valence-electron chi connectivity index (χ3n) is 3.23. The van der Waals surface area contributed by atoms with Gasteiger partial charge in [-0.05, 0) is 42.0 Å². The van der Waals surface area contributed by atoms with Crippen molar-refractivity contribution in [3.05, 3.63) is 78.4 Å². The van der Waals surface area contributed by atoms with Crippen LogP contribution in [0.15, 0.2) is 72.4 Å². The number of carboxylic acids is 1. The van der Waals surface area contributed by atoms with Crippen LogP contribution in [0.25, 0.3) is 5.69 Å². The Hall–Kier alpha value is -3.41. The van der Waals surface area contributed by atoms with Gasteiger partial charge in [-0.1, -0.05) is 12.1 Å². The van der Waals surface area contributed by atoms with Gasteiger partial charge in [0.25, 0.3) is 0 Å². The number of hydrogen-bond donors (Lipinski definition) is 2. The topological polar surface area (TPSA) is 79.5 Å². The molecule has 0 aliphatic rings. The Balaban J connectivity index is 1.62. The van der Waals surface area contributed by atoms with Crippen molar-refractivity contribution in [3.8, 4) is 5.69 Å². The number of imidazole rings is 1. The number of aromatic nitrogens is 2. The maximum Gasteiger partial charge on any atom is 0.335 e. The zero-order valence-electron chi connectivity index (χ0n) is 12.1. The first-order chi connectivity index (χ1) is 11.2.